The van der Waals surface area contributed by atoms with Gasteiger partial charge in [-0.2, -0.15) is 0 Å². The molecule has 16 heavy (non-hydrogen) atoms. The maximum absolute atomic E-state index is 11.4. The number of nitrogens with one attached hydrogen (secondary N) is 1. The second kappa shape index (κ2) is 6.17. The van der Waals surface area contributed by atoms with Crippen LogP contribution in [0.25, 0.3) is 0 Å². The molecule has 0 aliphatic heterocycles. The van der Waals surface area contributed by atoms with E-state index < -0.39 is 16.0 Å². The van der Waals surface area contributed by atoms with Gasteiger partial charge in [-0.25, -0.2) is 8.42 Å². The quantitative estimate of drug-likeness (QED) is 0.544. The van der Waals surface area contributed by atoms with Gasteiger partial charge >= 0.3 is 5.97 Å². The lowest BCUT2D eigenvalue weighted by Crippen LogP contribution is -2.31. The van der Waals surface area contributed by atoms with Crippen LogP contribution in [-0.2, 0) is 24.4 Å². The number of carbonyl (C=O) groups excluding carboxylic acids is 1. The smallest absolute Gasteiger partial charge is 0.306 e. The van der Waals surface area contributed by atoms with Gasteiger partial charge in [0.05, 0.1) is 25.4 Å². The summed E-state index contributed by atoms with van der Waals surface area (Å²) in [6.07, 6.45) is 3.68. The average molecular weight is 251 g/mol. The van der Waals surface area contributed by atoms with Crippen molar-refractivity contribution in [3.63, 3.8) is 0 Å². The van der Waals surface area contributed by atoms with Crippen LogP contribution in [0.1, 0.15) is 32.1 Å². The molecular weight excluding hydrogens is 234 g/mol. The lowest BCUT2D eigenvalue weighted by molar-refractivity contribution is -0.140. The summed E-state index contributed by atoms with van der Waals surface area (Å²) < 4.78 is 27.1. The van der Waals surface area contributed by atoms with Crippen LogP contribution in [0.15, 0.2) is 0 Å². The van der Waals surface area contributed by atoms with E-state index in [0.29, 0.717) is 0 Å². The summed E-state index contributed by atoms with van der Waals surface area (Å²) in [6.45, 7) is 0. The van der Waals surface area contributed by atoms with Crippen molar-refractivity contribution in [1.29, 1.82) is 0 Å². The third-order valence-corrected chi connectivity index (χ3v) is 3.54. The van der Waals surface area contributed by atoms with Crippen molar-refractivity contribution >= 4 is 16.0 Å². The molecule has 7 heteroatoms. The first-order valence-corrected chi connectivity index (χ1v) is 6.90. The van der Waals surface area contributed by atoms with E-state index in [1.807, 2.05) is 4.89 Å². The molecule has 0 unspecified atom stereocenters. The third kappa shape index (κ3) is 4.91. The molecule has 0 heterocycles. The highest BCUT2D eigenvalue weighted by Crippen LogP contribution is 2.20. The number of esters is 1. The summed E-state index contributed by atoms with van der Waals surface area (Å²) in [5.74, 6) is -0.863. The van der Waals surface area contributed by atoms with E-state index in [9.17, 15) is 13.2 Å². The SMILES string of the molecule is COC(=O)CCS(=O)(=O)NOC1CCCC1. The standard InChI is InChI=1S/C9H17NO5S/c1-14-9(11)6-7-16(12,13)10-15-8-4-2-3-5-8/h8,10H,2-7H2,1H3. The molecule has 0 saturated heterocycles. The van der Waals surface area contributed by atoms with Gasteiger partial charge in [-0.1, -0.05) is 17.7 Å². The molecule has 0 atom stereocenters. The van der Waals surface area contributed by atoms with Crippen molar-refractivity contribution in [2.24, 2.45) is 0 Å². The first-order valence-electron chi connectivity index (χ1n) is 5.25. The van der Waals surface area contributed by atoms with Gasteiger partial charge < -0.3 is 4.74 Å². The average Bonchev–Trinajstić information content (AvgIpc) is 2.76. The Morgan fingerprint density at radius 3 is 2.56 bits per heavy atom. The minimum absolute atomic E-state index is 0.0344. The molecule has 0 radical (unpaired) electrons. The third-order valence-electron chi connectivity index (χ3n) is 2.45. The van der Waals surface area contributed by atoms with Gasteiger partial charge in [-0.3, -0.25) is 9.63 Å². The zero-order chi connectivity index (χ0) is 12.0. The molecule has 1 aliphatic rings. The molecule has 6 nitrogen and oxygen atoms in total. The minimum atomic E-state index is -3.55. The highest BCUT2D eigenvalue weighted by molar-refractivity contribution is 7.89. The molecule has 1 N–H and O–H groups in total. The Morgan fingerprint density at radius 1 is 1.38 bits per heavy atom. The molecule has 0 aromatic carbocycles. The summed E-state index contributed by atoms with van der Waals surface area (Å²) in [6, 6.07) is 0. The van der Waals surface area contributed by atoms with Crippen LogP contribution in [0.2, 0.25) is 0 Å². The van der Waals surface area contributed by atoms with E-state index in [4.69, 9.17) is 4.84 Å². The van der Waals surface area contributed by atoms with Crippen LogP contribution in [0.5, 0.6) is 0 Å². The Labute approximate surface area is 95.3 Å². The first kappa shape index (κ1) is 13.4. The predicted molar refractivity (Wildman–Crippen MR) is 56.9 cm³/mol. The normalized spacial score (nSPS) is 17.6. The molecule has 0 amide bonds. The highest BCUT2D eigenvalue weighted by Gasteiger charge is 2.19. The maximum Gasteiger partial charge on any atom is 0.306 e. The van der Waals surface area contributed by atoms with Crippen LogP contribution in [0.4, 0.5) is 0 Å². The maximum atomic E-state index is 11.4. The summed E-state index contributed by atoms with van der Waals surface area (Å²) in [4.78, 5) is 17.9. The molecule has 0 bridgehead atoms. The highest BCUT2D eigenvalue weighted by atomic mass is 32.2. The second-order valence-corrected chi connectivity index (χ2v) is 5.56. The van der Waals surface area contributed by atoms with E-state index in [-0.39, 0.29) is 18.3 Å². The zero-order valence-corrected chi connectivity index (χ0v) is 10.1. The number of hydrogen-bond acceptors (Lipinski definition) is 5. The Morgan fingerprint density at radius 2 is 2.00 bits per heavy atom. The Hall–Kier alpha value is -0.660. The lowest BCUT2D eigenvalue weighted by Gasteiger charge is -2.11. The summed E-state index contributed by atoms with van der Waals surface area (Å²) in [5.41, 5.74) is 0. The summed E-state index contributed by atoms with van der Waals surface area (Å²) in [7, 11) is -2.33. The van der Waals surface area contributed by atoms with Gasteiger partial charge in [0.2, 0.25) is 10.0 Å². The fraction of sp³-hybridized carbons (Fsp3) is 0.889. The number of methoxy groups -OCH3 is 1. The number of hydrogen-bond donors (Lipinski definition) is 1. The Balaban J connectivity index is 2.25. The van der Waals surface area contributed by atoms with Crippen molar-refractivity contribution in [2.45, 2.75) is 38.2 Å². The van der Waals surface area contributed by atoms with Gasteiger partial charge in [-0.05, 0) is 12.8 Å². The topological polar surface area (TPSA) is 81.7 Å². The van der Waals surface area contributed by atoms with Crippen LogP contribution in [0.3, 0.4) is 0 Å². The first-order chi connectivity index (χ1) is 7.53. The Kier molecular flexibility index (Phi) is 5.17. The molecule has 0 aromatic heterocycles. The molecular formula is C9H17NO5S. The zero-order valence-electron chi connectivity index (χ0n) is 9.27. The fourth-order valence-electron chi connectivity index (χ4n) is 1.51. The molecule has 1 rings (SSSR count). The van der Waals surface area contributed by atoms with Gasteiger partial charge in [-0.15, -0.1) is 0 Å². The van der Waals surface area contributed by atoms with E-state index >= 15 is 0 Å². The number of sulfonamides is 1. The van der Waals surface area contributed by atoms with Gasteiger partial charge in [0.1, 0.15) is 0 Å². The summed E-state index contributed by atoms with van der Waals surface area (Å²) in [5, 5.41) is 0. The molecule has 0 spiro atoms. The van der Waals surface area contributed by atoms with Crippen LogP contribution >= 0.6 is 0 Å². The van der Waals surface area contributed by atoms with E-state index in [0.717, 1.165) is 25.7 Å². The van der Waals surface area contributed by atoms with Crippen molar-refractivity contribution < 1.29 is 22.8 Å². The molecule has 1 fully saturated rings. The van der Waals surface area contributed by atoms with Crippen molar-refractivity contribution in [2.75, 3.05) is 12.9 Å². The monoisotopic (exact) mass is 251 g/mol. The van der Waals surface area contributed by atoms with Crippen LogP contribution < -0.4 is 4.89 Å². The molecule has 94 valence electrons. The molecule has 1 aliphatic carbocycles. The van der Waals surface area contributed by atoms with E-state index in [1.165, 1.54) is 7.11 Å². The molecule has 1 saturated carbocycles. The van der Waals surface area contributed by atoms with Crippen LogP contribution in [-0.4, -0.2) is 33.4 Å². The van der Waals surface area contributed by atoms with E-state index in [2.05, 4.69) is 4.74 Å². The molecule has 0 aromatic rings. The fourth-order valence-corrected chi connectivity index (χ4v) is 2.31. The second-order valence-electron chi connectivity index (χ2n) is 3.75. The van der Waals surface area contributed by atoms with E-state index in [1.54, 1.807) is 0 Å². The minimum Gasteiger partial charge on any atom is -0.469 e. The van der Waals surface area contributed by atoms with Crippen molar-refractivity contribution in [1.82, 2.24) is 4.89 Å². The number of ether oxygens (including phenoxy) is 1. The van der Waals surface area contributed by atoms with Gasteiger partial charge in [0.15, 0.2) is 0 Å². The van der Waals surface area contributed by atoms with Crippen molar-refractivity contribution in [3.05, 3.63) is 0 Å². The predicted octanol–water partition coefficient (Wildman–Crippen LogP) is 0.343. The largest absolute Gasteiger partial charge is 0.469 e. The lowest BCUT2D eigenvalue weighted by atomic mass is 10.3. The van der Waals surface area contributed by atoms with Gasteiger partial charge in [0.25, 0.3) is 0 Å². The number of rotatable bonds is 6. The summed E-state index contributed by atoms with van der Waals surface area (Å²) >= 11 is 0. The Bertz CT molecular complexity index is 321. The number of carbonyl (C=O) groups is 1. The van der Waals surface area contributed by atoms with Gasteiger partial charge in [0, 0.05) is 0 Å². The van der Waals surface area contributed by atoms with Crippen molar-refractivity contribution in [3.8, 4) is 0 Å². The van der Waals surface area contributed by atoms with Crippen LogP contribution in [0, 0.1) is 0 Å².